The van der Waals surface area contributed by atoms with Gasteiger partial charge in [0.25, 0.3) is 0 Å². The quantitative estimate of drug-likeness (QED) is 0.123. The van der Waals surface area contributed by atoms with E-state index in [1.807, 2.05) is 19.1 Å². The molecular weight excluding hydrogens is 480 g/mol. The van der Waals surface area contributed by atoms with Crippen molar-refractivity contribution in [3.05, 3.63) is 58.1 Å². The van der Waals surface area contributed by atoms with Crippen molar-refractivity contribution in [2.45, 2.75) is 97.8 Å². The molecule has 0 heterocycles. The molecule has 0 spiro atoms. The summed E-state index contributed by atoms with van der Waals surface area (Å²) in [7, 11) is 2.76. The van der Waals surface area contributed by atoms with Crippen LogP contribution in [0.15, 0.2) is 46.9 Å². The van der Waals surface area contributed by atoms with Crippen LogP contribution in [-0.4, -0.2) is 38.4 Å². The Morgan fingerprint density at radius 3 is 1.84 bits per heavy atom. The Hall–Kier alpha value is -2.89. The van der Waals surface area contributed by atoms with Crippen molar-refractivity contribution in [2.75, 3.05) is 20.8 Å². The molecule has 1 aliphatic rings. The fraction of sp³-hybridized carbons (Fsp3) is 0.594. The van der Waals surface area contributed by atoms with E-state index in [1.165, 1.54) is 19.8 Å². The highest BCUT2D eigenvalue weighted by Crippen LogP contribution is 2.29. The zero-order chi connectivity index (χ0) is 28.1. The number of unbranched alkanes of at least 4 members (excludes halogenated alkanes) is 7. The molecule has 0 aromatic heterocycles. The molecule has 2 rings (SSSR count). The van der Waals surface area contributed by atoms with Crippen LogP contribution in [0.3, 0.4) is 0 Å². The van der Waals surface area contributed by atoms with Gasteiger partial charge in [-0.05, 0) is 56.6 Å². The van der Waals surface area contributed by atoms with Crippen LogP contribution in [0, 0.1) is 5.92 Å². The summed E-state index contributed by atoms with van der Waals surface area (Å²) in [6, 6.07) is 8.30. The van der Waals surface area contributed by atoms with Crippen LogP contribution in [0.4, 0.5) is 0 Å². The maximum atomic E-state index is 12.7. The molecule has 0 saturated heterocycles. The van der Waals surface area contributed by atoms with E-state index < -0.39 is 0 Å². The van der Waals surface area contributed by atoms with Crippen LogP contribution < -0.4 is 0 Å². The van der Waals surface area contributed by atoms with Gasteiger partial charge in [0.15, 0.2) is 0 Å². The predicted molar refractivity (Wildman–Crippen MR) is 150 cm³/mol. The number of rotatable bonds is 17. The number of methoxy groups -OCH3 is 2. The normalized spacial score (nSPS) is 14.8. The molecule has 0 fully saturated rings. The van der Waals surface area contributed by atoms with Crippen LogP contribution in [0.5, 0.6) is 0 Å². The molecule has 0 bridgehead atoms. The summed E-state index contributed by atoms with van der Waals surface area (Å²) in [6.45, 7) is 8.47. The monoisotopic (exact) mass is 526 g/mol. The van der Waals surface area contributed by atoms with E-state index in [2.05, 4.69) is 26.0 Å². The van der Waals surface area contributed by atoms with Crippen LogP contribution in [0.1, 0.15) is 103 Å². The molecule has 210 valence electrons. The summed E-state index contributed by atoms with van der Waals surface area (Å²) in [5.74, 6) is -0.291. The first-order valence-corrected chi connectivity index (χ1v) is 14.1. The minimum absolute atomic E-state index is 0.00478. The summed E-state index contributed by atoms with van der Waals surface area (Å²) in [5.41, 5.74) is 3.30. The molecule has 1 unspecified atom stereocenters. The molecule has 0 aliphatic heterocycles. The van der Waals surface area contributed by atoms with Crippen molar-refractivity contribution >= 4 is 17.5 Å². The van der Waals surface area contributed by atoms with Gasteiger partial charge in [-0.1, -0.05) is 76.6 Å². The topological polar surface area (TPSA) is 78.9 Å². The number of esters is 1. The van der Waals surface area contributed by atoms with E-state index in [1.54, 1.807) is 6.92 Å². The van der Waals surface area contributed by atoms with E-state index in [9.17, 15) is 14.4 Å². The van der Waals surface area contributed by atoms with Gasteiger partial charge in [-0.3, -0.25) is 14.4 Å². The average molecular weight is 527 g/mol. The van der Waals surface area contributed by atoms with Gasteiger partial charge < -0.3 is 14.2 Å². The van der Waals surface area contributed by atoms with Gasteiger partial charge in [-0.25, -0.2) is 0 Å². The number of ether oxygens (including phenoxy) is 3. The highest BCUT2D eigenvalue weighted by molar-refractivity contribution is 6.23. The van der Waals surface area contributed by atoms with Crippen molar-refractivity contribution in [2.24, 2.45) is 5.92 Å². The van der Waals surface area contributed by atoms with Gasteiger partial charge in [-0.15, -0.1) is 0 Å². The molecule has 0 saturated carbocycles. The second-order valence-corrected chi connectivity index (χ2v) is 10.6. The standard InChI is InChI=1S/C32H46O6/c1-22(2)21-25-16-18-26(19-17-25)23(3)32(35)38-20-14-12-10-8-7-9-11-13-15-27-24(4)28(33)30(36-5)31(37-6)29(27)34/h16-19,22-23H,7-15,20-21H2,1-6H3. The number of carbonyl (C=O) groups excluding carboxylic acids is 3. The van der Waals surface area contributed by atoms with E-state index in [0.29, 0.717) is 30.1 Å². The van der Waals surface area contributed by atoms with E-state index in [0.717, 1.165) is 63.4 Å². The fourth-order valence-electron chi connectivity index (χ4n) is 4.80. The predicted octanol–water partition coefficient (Wildman–Crippen LogP) is 7.02. The summed E-state index contributed by atoms with van der Waals surface area (Å²) in [6.07, 6.45) is 9.89. The number of allylic oxidation sites excluding steroid dienone is 2. The van der Waals surface area contributed by atoms with Gasteiger partial charge in [-0.2, -0.15) is 0 Å². The van der Waals surface area contributed by atoms with E-state index >= 15 is 0 Å². The number of ketones is 2. The summed E-state index contributed by atoms with van der Waals surface area (Å²) in [4.78, 5) is 37.5. The van der Waals surface area contributed by atoms with Crippen LogP contribution in [0.2, 0.25) is 0 Å². The largest absolute Gasteiger partial charge is 0.489 e. The minimum atomic E-state index is -0.269. The third-order valence-electron chi connectivity index (χ3n) is 7.14. The first-order valence-electron chi connectivity index (χ1n) is 14.1. The average Bonchev–Trinajstić information content (AvgIpc) is 2.90. The first kappa shape index (κ1) is 31.3. The van der Waals surface area contributed by atoms with Gasteiger partial charge >= 0.3 is 5.97 Å². The molecule has 38 heavy (non-hydrogen) atoms. The Morgan fingerprint density at radius 2 is 1.29 bits per heavy atom. The number of hydrogen-bond acceptors (Lipinski definition) is 6. The lowest BCUT2D eigenvalue weighted by Gasteiger charge is -2.20. The Balaban J connectivity index is 1.55. The zero-order valence-corrected chi connectivity index (χ0v) is 24.2. The Bertz CT molecular complexity index is 999. The molecule has 1 atom stereocenters. The second kappa shape index (κ2) is 16.2. The Morgan fingerprint density at radius 1 is 0.763 bits per heavy atom. The lowest BCUT2D eigenvalue weighted by molar-refractivity contribution is -0.145. The number of Topliss-reactive ketones (excluding diaryl/α,β-unsaturated/α-hetero) is 2. The summed E-state index contributed by atoms with van der Waals surface area (Å²) in [5, 5.41) is 0. The second-order valence-electron chi connectivity index (χ2n) is 10.6. The van der Waals surface area contributed by atoms with Crippen molar-refractivity contribution in [3.8, 4) is 0 Å². The highest BCUT2D eigenvalue weighted by atomic mass is 16.5. The van der Waals surface area contributed by atoms with Crippen molar-refractivity contribution in [3.63, 3.8) is 0 Å². The zero-order valence-electron chi connectivity index (χ0n) is 24.2. The molecule has 6 nitrogen and oxygen atoms in total. The molecule has 0 N–H and O–H groups in total. The van der Waals surface area contributed by atoms with Crippen LogP contribution in [0.25, 0.3) is 0 Å². The molecular formula is C32H46O6. The highest BCUT2D eigenvalue weighted by Gasteiger charge is 2.34. The molecule has 0 amide bonds. The number of benzene rings is 1. The maximum Gasteiger partial charge on any atom is 0.313 e. The molecule has 1 aromatic rings. The van der Waals surface area contributed by atoms with Crippen molar-refractivity contribution in [1.29, 1.82) is 0 Å². The Labute approximate surface area is 228 Å². The van der Waals surface area contributed by atoms with Crippen LogP contribution in [-0.2, 0) is 35.0 Å². The Kier molecular flexibility index (Phi) is 13.3. The molecule has 1 aliphatic carbocycles. The smallest absolute Gasteiger partial charge is 0.313 e. The third-order valence-corrected chi connectivity index (χ3v) is 7.14. The van der Waals surface area contributed by atoms with Crippen molar-refractivity contribution in [1.82, 2.24) is 0 Å². The summed E-state index contributed by atoms with van der Waals surface area (Å²) < 4.78 is 15.7. The van der Waals surface area contributed by atoms with Crippen molar-refractivity contribution < 1.29 is 28.6 Å². The van der Waals surface area contributed by atoms with Gasteiger partial charge in [0, 0.05) is 11.1 Å². The number of hydrogen-bond donors (Lipinski definition) is 0. The van der Waals surface area contributed by atoms with E-state index in [4.69, 9.17) is 14.2 Å². The van der Waals surface area contributed by atoms with Gasteiger partial charge in [0.05, 0.1) is 26.7 Å². The lowest BCUT2D eigenvalue weighted by Crippen LogP contribution is -2.25. The van der Waals surface area contributed by atoms with Gasteiger partial charge in [0.1, 0.15) is 0 Å². The SMILES string of the molecule is COC1=C(OC)C(=O)C(CCCCCCCCCCOC(=O)C(C)c2ccc(CC(C)C)cc2)=C(C)C1=O. The maximum absolute atomic E-state index is 12.7. The molecule has 6 heteroatoms. The molecule has 1 aromatic carbocycles. The third kappa shape index (κ3) is 9.14. The van der Waals surface area contributed by atoms with Gasteiger partial charge in [0.2, 0.25) is 23.1 Å². The lowest BCUT2D eigenvalue weighted by atomic mass is 9.89. The summed E-state index contributed by atoms with van der Waals surface area (Å²) >= 11 is 0. The first-order chi connectivity index (χ1) is 18.2. The van der Waals surface area contributed by atoms with Crippen LogP contribution >= 0.6 is 0 Å². The minimum Gasteiger partial charge on any atom is -0.489 e. The number of carbonyl (C=O) groups is 3. The van der Waals surface area contributed by atoms with E-state index in [-0.39, 0.29) is 35.0 Å². The molecule has 0 radical (unpaired) electrons. The fourth-order valence-corrected chi connectivity index (χ4v) is 4.80.